The smallest absolute Gasteiger partial charge is 0.0798 e. The molecule has 0 amide bonds. The summed E-state index contributed by atoms with van der Waals surface area (Å²) in [6.45, 7) is 19.8. The van der Waals surface area contributed by atoms with Gasteiger partial charge in [0.15, 0.2) is 0 Å². The molecule has 3 heterocycles. The van der Waals surface area contributed by atoms with E-state index in [0.29, 0.717) is 11.8 Å². The molecule has 0 bridgehead atoms. The van der Waals surface area contributed by atoms with Gasteiger partial charge in [0.2, 0.25) is 0 Å². The summed E-state index contributed by atoms with van der Waals surface area (Å²) in [6, 6.07) is 53.5. The van der Waals surface area contributed by atoms with E-state index in [1.54, 1.807) is 0 Å². The zero-order valence-corrected chi connectivity index (χ0v) is 40.8. The van der Waals surface area contributed by atoms with E-state index in [2.05, 4.69) is 172 Å². The molecule has 6 heteroatoms. The molecule has 9 aromatic rings. The van der Waals surface area contributed by atoms with Gasteiger partial charge < -0.3 is 9.55 Å². The van der Waals surface area contributed by atoms with Crippen molar-refractivity contribution < 1.29 is 22.8 Å². The van der Waals surface area contributed by atoms with Crippen LogP contribution in [-0.4, -0.2) is 22.6 Å². The minimum atomic E-state index is -1.67. The SMILES string of the molecule is CC(C)c1cc(-c2ccccc2)cc(C(C)C)c1-n1c(-c2[c-]cc3sc4ccccc4c3c2)nc2ccccc21.[2H]C([2H])(c1cc(-c2[c-]cccc2)ncc1[Si](C)(C)C)C(C)C.[Ir]. The Morgan fingerprint density at radius 2 is 1.36 bits per heavy atom. The van der Waals surface area contributed by atoms with Crippen LogP contribution in [0.25, 0.3) is 70.7 Å². The summed E-state index contributed by atoms with van der Waals surface area (Å²) in [5.74, 6) is 1.52. The fourth-order valence-corrected chi connectivity index (χ4v) is 10.5. The Hall–Kier alpha value is -4.97. The molecule has 3 nitrogen and oxygen atoms in total. The average molecular weight is 1010 g/mol. The summed E-state index contributed by atoms with van der Waals surface area (Å²) in [5.41, 5.74) is 12.1. The van der Waals surface area contributed by atoms with Gasteiger partial charge in [0.1, 0.15) is 0 Å². The third-order valence-electron chi connectivity index (χ3n) is 11.0. The van der Waals surface area contributed by atoms with Gasteiger partial charge in [-0.1, -0.05) is 139 Å². The number of hydrogen-bond donors (Lipinski definition) is 0. The molecule has 311 valence electrons. The first-order valence-corrected chi connectivity index (χ1v) is 25.5. The van der Waals surface area contributed by atoms with Gasteiger partial charge in [-0.15, -0.1) is 59.7 Å². The number of pyridine rings is 1. The standard InChI is InChI=1S/C37H31N2S.C18H24NSi.Ir/c1-23(2)29-21-27(25-12-6-5-7-13-25)22-30(24(3)4)36(29)39-33-16-10-9-15-32(33)38-37(39)26-18-19-35-31(20-26)28-14-8-11-17-34(28)40-35;1-14(2)11-16-12-17(15-9-7-6-8-10-15)19-13-18(16)20(3,4)5;/h5-17,19-24H,1-4H3;6-9,12-14H,11H2,1-5H3;/q2*-1;/i;11D2;. The van der Waals surface area contributed by atoms with E-state index in [-0.39, 0.29) is 26.0 Å². The third-order valence-corrected chi connectivity index (χ3v) is 14.1. The van der Waals surface area contributed by atoms with Crippen LogP contribution in [0.15, 0.2) is 140 Å². The van der Waals surface area contributed by atoms with Gasteiger partial charge in [0.25, 0.3) is 0 Å². The van der Waals surface area contributed by atoms with Crippen molar-refractivity contribution >= 4 is 55.8 Å². The van der Waals surface area contributed by atoms with Crippen LogP contribution >= 0.6 is 11.3 Å². The largest absolute Gasteiger partial charge is 0.333 e. The van der Waals surface area contributed by atoms with Gasteiger partial charge in [-0.05, 0) is 97.7 Å². The first kappa shape index (κ1) is 41.4. The summed E-state index contributed by atoms with van der Waals surface area (Å²) in [4.78, 5) is 9.83. The second kappa shape index (κ2) is 18.6. The maximum absolute atomic E-state index is 8.55. The second-order valence-electron chi connectivity index (χ2n) is 17.6. The zero-order chi connectivity index (χ0) is 43.9. The first-order valence-electron chi connectivity index (χ1n) is 22.2. The Labute approximate surface area is 384 Å². The number of rotatable bonds is 9. The van der Waals surface area contributed by atoms with E-state index in [1.165, 1.54) is 48.1 Å². The average Bonchev–Trinajstić information content (AvgIpc) is 3.84. The predicted molar refractivity (Wildman–Crippen MR) is 262 cm³/mol. The van der Waals surface area contributed by atoms with Crippen molar-refractivity contribution in [2.24, 2.45) is 5.92 Å². The van der Waals surface area contributed by atoms with Crippen LogP contribution in [0.2, 0.25) is 19.6 Å². The molecule has 0 aliphatic rings. The molecule has 6 aromatic carbocycles. The second-order valence-corrected chi connectivity index (χ2v) is 23.7. The molecular formula is C55H55IrN3SSi-2. The summed E-state index contributed by atoms with van der Waals surface area (Å²) in [7, 11) is -1.67. The van der Waals surface area contributed by atoms with Crippen LogP contribution in [0.3, 0.4) is 0 Å². The monoisotopic (exact) mass is 1010 g/mol. The van der Waals surface area contributed by atoms with Crippen LogP contribution in [0.1, 0.15) is 72.8 Å². The molecule has 0 aliphatic carbocycles. The topological polar surface area (TPSA) is 30.7 Å². The Kier molecular flexibility index (Phi) is 12.6. The van der Waals surface area contributed by atoms with Gasteiger partial charge in [0.05, 0.1) is 24.9 Å². The van der Waals surface area contributed by atoms with Crippen molar-refractivity contribution in [3.63, 3.8) is 0 Å². The number of imidazole rings is 1. The van der Waals surface area contributed by atoms with E-state index in [0.717, 1.165) is 44.4 Å². The zero-order valence-electron chi connectivity index (χ0n) is 38.6. The van der Waals surface area contributed by atoms with Crippen molar-refractivity contribution in [1.29, 1.82) is 0 Å². The first-order chi connectivity index (χ1) is 29.6. The van der Waals surface area contributed by atoms with Gasteiger partial charge >= 0.3 is 0 Å². The third kappa shape index (κ3) is 9.29. The minimum Gasteiger partial charge on any atom is -0.333 e. The van der Waals surface area contributed by atoms with Crippen LogP contribution in [0, 0.1) is 18.1 Å². The Morgan fingerprint density at radius 3 is 2.03 bits per heavy atom. The van der Waals surface area contributed by atoms with Gasteiger partial charge in [-0.2, -0.15) is 11.3 Å². The van der Waals surface area contributed by atoms with E-state index in [4.69, 9.17) is 7.73 Å². The maximum atomic E-state index is 8.55. The molecule has 0 N–H and O–H groups in total. The van der Waals surface area contributed by atoms with Crippen LogP contribution in [-0.2, 0) is 26.5 Å². The number of fused-ring (bicyclic) bond motifs is 4. The molecule has 0 aliphatic heterocycles. The molecule has 0 unspecified atom stereocenters. The maximum Gasteiger partial charge on any atom is 0.0798 e. The number of aromatic nitrogens is 3. The Morgan fingerprint density at radius 1 is 0.689 bits per heavy atom. The normalized spacial score (nSPS) is 12.5. The molecule has 0 atom stereocenters. The molecule has 9 rings (SSSR count). The van der Waals surface area contributed by atoms with E-state index >= 15 is 0 Å². The van der Waals surface area contributed by atoms with Crippen LogP contribution < -0.4 is 5.19 Å². The molecule has 0 saturated heterocycles. The predicted octanol–water partition coefficient (Wildman–Crippen LogP) is 15.1. The molecule has 0 saturated carbocycles. The van der Waals surface area contributed by atoms with E-state index in [1.807, 2.05) is 61.7 Å². The van der Waals surface area contributed by atoms with Crippen molar-refractivity contribution in [3.8, 4) is 39.5 Å². The van der Waals surface area contributed by atoms with Crippen molar-refractivity contribution in [2.75, 3.05) is 0 Å². The summed E-state index contributed by atoms with van der Waals surface area (Å²) >= 11 is 1.82. The van der Waals surface area contributed by atoms with Gasteiger partial charge in [-0.25, -0.2) is 0 Å². The summed E-state index contributed by atoms with van der Waals surface area (Å²) in [5, 5.41) is 3.66. The fourth-order valence-electron chi connectivity index (χ4n) is 8.03. The number of para-hydroxylation sites is 2. The van der Waals surface area contributed by atoms with Gasteiger partial charge in [0, 0.05) is 39.4 Å². The van der Waals surface area contributed by atoms with Crippen molar-refractivity contribution in [1.82, 2.24) is 14.5 Å². The molecule has 61 heavy (non-hydrogen) atoms. The van der Waals surface area contributed by atoms with Crippen LogP contribution in [0.4, 0.5) is 0 Å². The number of hydrogen-bond acceptors (Lipinski definition) is 3. The summed E-state index contributed by atoms with van der Waals surface area (Å²) < 4.78 is 22.1. The van der Waals surface area contributed by atoms with Crippen LogP contribution in [0.5, 0.6) is 0 Å². The number of thiophene rings is 1. The van der Waals surface area contributed by atoms with Crippen molar-refractivity contribution in [2.45, 2.75) is 79.4 Å². The molecule has 3 aromatic heterocycles. The molecule has 0 spiro atoms. The summed E-state index contributed by atoms with van der Waals surface area (Å²) in [6.07, 6.45) is 0.528. The molecule has 0 fully saturated rings. The minimum absolute atomic E-state index is 0. The van der Waals surface area contributed by atoms with Gasteiger partial charge in [-0.3, -0.25) is 4.98 Å². The Bertz CT molecular complexity index is 2990. The van der Waals surface area contributed by atoms with E-state index in [9.17, 15) is 0 Å². The molecular weight excluding hydrogens is 955 g/mol. The number of nitrogens with zero attached hydrogens (tertiary/aromatic N) is 3. The van der Waals surface area contributed by atoms with E-state index < -0.39 is 14.4 Å². The van der Waals surface area contributed by atoms with Crippen molar-refractivity contribution in [3.05, 3.63) is 168 Å². The quantitative estimate of drug-likeness (QED) is 0.107. The molecule has 1 radical (unpaired) electrons. The fraction of sp³-hybridized carbons (Fsp3) is 0.236. The Balaban J connectivity index is 0.000000221. The number of benzene rings is 6.